The normalized spacial score (nSPS) is 16.0. The van der Waals surface area contributed by atoms with Gasteiger partial charge in [-0.3, -0.25) is 33.7 Å². The van der Waals surface area contributed by atoms with E-state index in [4.69, 9.17) is 33.2 Å². The van der Waals surface area contributed by atoms with Gasteiger partial charge in [-0.05, 0) is 64.2 Å². The van der Waals surface area contributed by atoms with E-state index in [-0.39, 0.29) is 115 Å². The first-order valence-electron chi connectivity index (χ1n) is 31.7. The summed E-state index contributed by atoms with van der Waals surface area (Å²) in [5.41, 5.74) is 0. The standard InChI is InChI=1S/C62H110N2O15/c1-5-9-13-17-21-25-33-56(66)74-45-51(46-75-57(67)34-26-22-18-14-10-6-2)43-60(70)78-49-53-31-29-32-54(64(53)62(72)73-42-30-39-63-40-37-55(65)38-41-63)50-79-61(71)44-52(47-76-58(68)35-27-23-19-15-11-7-3)48-77-59(69)36-28-24-20-16-12-8-4/h51-55,65H,5-50H2,1-4H3/t53-,54+. The number of hydrogen-bond donors (Lipinski definition) is 1. The number of amides is 1. The van der Waals surface area contributed by atoms with Gasteiger partial charge in [-0.25, -0.2) is 4.79 Å². The van der Waals surface area contributed by atoms with Crippen LogP contribution < -0.4 is 0 Å². The van der Waals surface area contributed by atoms with Gasteiger partial charge in [0.2, 0.25) is 0 Å². The van der Waals surface area contributed by atoms with Crippen molar-refractivity contribution in [2.24, 2.45) is 11.8 Å². The maximum atomic E-state index is 14.1. The molecule has 0 bridgehead atoms. The zero-order chi connectivity index (χ0) is 57.6. The Morgan fingerprint density at radius 2 is 0.734 bits per heavy atom. The summed E-state index contributed by atoms with van der Waals surface area (Å²) < 4.78 is 40.1. The number of rotatable bonds is 48. The second-order valence-electron chi connectivity index (χ2n) is 22.5. The highest BCUT2D eigenvalue weighted by Crippen LogP contribution is 2.26. The fourth-order valence-corrected chi connectivity index (χ4v) is 10.1. The molecule has 0 saturated carbocycles. The fourth-order valence-electron chi connectivity index (χ4n) is 10.1. The van der Waals surface area contributed by atoms with Crippen molar-refractivity contribution in [2.75, 3.05) is 65.9 Å². The Morgan fingerprint density at radius 1 is 0.405 bits per heavy atom. The predicted molar refractivity (Wildman–Crippen MR) is 305 cm³/mol. The van der Waals surface area contributed by atoms with Gasteiger partial charge in [0.25, 0.3) is 0 Å². The molecule has 458 valence electrons. The summed E-state index contributed by atoms with van der Waals surface area (Å²) in [5, 5.41) is 9.95. The van der Waals surface area contributed by atoms with Crippen molar-refractivity contribution in [1.82, 2.24) is 9.80 Å². The van der Waals surface area contributed by atoms with Crippen molar-refractivity contribution in [3.05, 3.63) is 0 Å². The van der Waals surface area contributed by atoms with E-state index < -0.39 is 42.0 Å². The number of piperidine rings is 2. The average Bonchev–Trinajstić information content (AvgIpc) is 3.45. The minimum absolute atomic E-state index is 0.120. The molecule has 2 heterocycles. The SMILES string of the molecule is CCCCCCCCC(=O)OCC(COC(=O)CCCCCCCC)CC(=O)OC[C@H]1CCC[C@@H](COC(=O)CC(COC(=O)CCCCCCCC)COC(=O)CCCCCCCC)N1C(=O)OCCCN1CCC(O)CC1. The maximum Gasteiger partial charge on any atom is 0.410 e. The molecule has 2 atom stereocenters. The van der Waals surface area contributed by atoms with E-state index in [0.717, 1.165) is 142 Å². The molecule has 2 rings (SSSR count). The first-order chi connectivity index (χ1) is 38.4. The van der Waals surface area contributed by atoms with E-state index in [0.29, 0.717) is 70.8 Å². The molecular formula is C62H110N2O15. The molecule has 2 aliphatic heterocycles. The Morgan fingerprint density at radius 3 is 1.08 bits per heavy atom. The van der Waals surface area contributed by atoms with E-state index in [1.165, 1.54) is 4.90 Å². The number of ether oxygens (including phenoxy) is 7. The lowest BCUT2D eigenvalue weighted by atomic mass is 9.96. The van der Waals surface area contributed by atoms with Gasteiger partial charge in [-0.1, -0.05) is 156 Å². The minimum Gasteiger partial charge on any atom is -0.465 e. The van der Waals surface area contributed by atoms with Crippen LogP contribution in [0.5, 0.6) is 0 Å². The van der Waals surface area contributed by atoms with Crippen LogP contribution in [0.25, 0.3) is 0 Å². The van der Waals surface area contributed by atoms with Crippen LogP contribution in [0.2, 0.25) is 0 Å². The Hall–Kier alpha value is -3.99. The second kappa shape index (κ2) is 47.6. The Labute approximate surface area is 476 Å². The summed E-state index contributed by atoms with van der Waals surface area (Å²) in [7, 11) is 0. The molecule has 0 aromatic rings. The third-order valence-electron chi connectivity index (χ3n) is 15.1. The van der Waals surface area contributed by atoms with Gasteiger partial charge < -0.3 is 43.2 Å². The molecule has 2 aliphatic rings. The first kappa shape index (κ1) is 71.1. The van der Waals surface area contributed by atoms with Gasteiger partial charge in [0, 0.05) is 57.2 Å². The molecule has 1 N–H and O–H groups in total. The number of unbranched alkanes of at least 4 members (excludes halogenated alkanes) is 20. The number of aliphatic hydroxyl groups excluding tert-OH is 1. The van der Waals surface area contributed by atoms with Gasteiger partial charge in [0.1, 0.15) is 13.2 Å². The number of likely N-dealkylation sites (tertiary alicyclic amines) is 2. The van der Waals surface area contributed by atoms with Crippen LogP contribution in [0.1, 0.15) is 259 Å². The van der Waals surface area contributed by atoms with Crippen LogP contribution in [-0.4, -0.2) is 141 Å². The molecule has 0 spiro atoms. The van der Waals surface area contributed by atoms with E-state index >= 15 is 0 Å². The number of esters is 6. The Bertz CT molecular complexity index is 1470. The molecule has 0 aromatic carbocycles. The van der Waals surface area contributed by atoms with Gasteiger partial charge in [0.05, 0.1) is 64.1 Å². The molecular weight excluding hydrogens is 1010 g/mol. The molecule has 79 heavy (non-hydrogen) atoms. The van der Waals surface area contributed by atoms with Crippen LogP contribution in [0.4, 0.5) is 4.79 Å². The van der Waals surface area contributed by atoms with Crippen molar-refractivity contribution >= 4 is 41.9 Å². The highest BCUT2D eigenvalue weighted by atomic mass is 16.6. The number of aliphatic hydroxyl groups is 1. The molecule has 2 fully saturated rings. The van der Waals surface area contributed by atoms with Crippen molar-refractivity contribution in [1.29, 1.82) is 0 Å². The number of carbonyl (C=O) groups is 7. The van der Waals surface area contributed by atoms with Gasteiger partial charge in [0.15, 0.2) is 0 Å². The number of nitrogens with zero attached hydrogens (tertiary/aromatic N) is 2. The topological polar surface area (TPSA) is 211 Å². The monoisotopic (exact) mass is 1120 g/mol. The molecule has 0 unspecified atom stereocenters. The van der Waals surface area contributed by atoms with Crippen LogP contribution >= 0.6 is 0 Å². The first-order valence-corrected chi connectivity index (χ1v) is 31.7. The molecule has 0 radical (unpaired) electrons. The number of hydrogen-bond acceptors (Lipinski definition) is 16. The third-order valence-corrected chi connectivity index (χ3v) is 15.1. The number of carbonyl (C=O) groups excluding carboxylic acids is 7. The van der Waals surface area contributed by atoms with Gasteiger partial charge in [-0.15, -0.1) is 0 Å². The second-order valence-corrected chi connectivity index (χ2v) is 22.5. The van der Waals surface area contributed by atoms with E-state index in [9.17, 15) is 38.7 Å². The van der Waals surface area contributed by atoms with Crippen molar-refractivity contribution < 1.29 is 71.8 Å². The van der Waals surface area contributed by atoms with E-state index in [1.807, 2.05) is 0 Å². The van der Waals surface area contributed by atoms with Gasteiger partial charge in [-0.2, -0.15) is 0 Å². The van der Waals surface area contributed by atoms with E-state index in [2.05, 4.69) is 32.6 Å². The summed E-state index contributed by atoms with van der Waals surface area (Å²) in [6.07, 6.45) is 27.7. The minimum atomic E-state index is -0.645. The smallest absolute Gasteiger partial charge is 0.410 e. The summed E-state index contributed by atoms with van der Waals surface area (Å²) in [6, 6.07) is -1.24. The zero-order valence-electron chi connectivity index (χ0n) is 50.0. The van der Waals surface area contributed by atoms with E-state index in [1.54, 1.807) is 0 Å². The molecule has 2 saturated heterocycles. The fraction of sp³-hybridized carbons (Fsp3) is 0.887. The average molecular weight is 1120 g/mol. The lowest BCUT2D eigenvalue weighted by molar-refractivity contribution is -0.157. The summed E-state index contributed by atoms with van der Waals surface area (Å²) in [5.74, 6) is -3.99. The van der Waals surface area contributed by atoms with Crippen molar-refractivity contribution in [3.8, 4) is 0 Å². The lowest BCUT2D eigenvalue weighted by Gasteiger charge is -2.40. The van der Waals surface area contributed by atoms with Crippen LogP contribution in [-0.2, 0) is 61.9 Å². The van der Waals surface area contributed by atoms with Gasteiger partial charge >= 0.3 is 41.9 Å². The molecule has 0 aromatic heterocycles. The Kier molecular flexibility index (Phi) is 42.9. The highest BCUT2D eigenvalue weighted by Gasteiger charge is 2.37. The zero-order valence-corrected chi connectivity index (χ0v) is 50.0. The van der Waals surface area contributed by atoms with Crippen molar-refractivity contribution in [3.63, 3.8) is 0 Å². The quantitative estimate of drug-likeness (QED) is 0.0341. The van der Waals surface area contributed by atoms with Crippen LogP contribution in [0.3, 0.4) is 0 Å². The van der Waals surface area contributed by atoms with Crippen molar-refractivity contribution in [2.45, 2.75) is 277 Å². The maximum absolute atomic E-state index is 14.1. The van der Waals surface area contributed by atoms with Crippen LogP contribution in [0.15, 0.2) is 0 Å². The molecule has 0 aliphatic carbocycles. The highest BCUT2D eigenvalue weighted by molar-refractivity contribution is 5.73. The third kappa shape index (κ3) is 37.6. The summed E-state index contributed by atoms with van der Waals surface area (Å²) in [6.45, 7) is 10.1. The predicted octanol–water partition coefficient (Wildman–Crippen LogP) is 12.5. The summed E-state index contributed by atoms with van der Waals surface area (Å²) >= 11 is 0. The lowest BCUT2D eigenvalue weighted by Crippen LogP contribution is -2.54. The molecule has 17 nitrogen and oxygen atoms in total. The molecule has 1 amide bonds. The van der Waals surface area contributed by atoms with Crippen LogP contribution in [0, 0.1) is 11.8 Å². The Balaban J connectivity index is 2.15. The summed E-state index contributed by atoms with van der Waals surface area (Å²) in [4.78, 5) is 96.2. The molecule has 17 heteroatoms. The largest absolute Gasteiger partial charge is 0.465 e.